The molecule has 0 aliphatic heterocycles. The fourth-order valence-corrected chi connectivity index (χ4v) is 4.27. The van der Waals surface area contributed by atoms with Crippen LogP contribution in [-0.4, -0.2) is 5.91 Å². The van der Waals surface area contributed by atoms with E-state index in [0.717, 1.165) is 17.4 Å². The number of rotatable bonds is 4. The lowest BCUT2D eigenvalue weighted by Crippen LogP contribution is -2.27. The Morgan fingerprint density at radius 2 is 2.10 bits per heavy atom. The van der Waals surface area contributed by atoms with Crippen molar-refractivity contribution in [3.05, 3.63) is 33.8 Å². The van der Waals surface area contributed by atoms with E-state index in [1.807, 2.05) is 6.07 Å². The van der Waals surface area contributed by atoms with Gasteiger partial charge in [0.05, 0.1) is 0 Å². The van der Waals surface area contributed by atoms with Crippen molar-refractivity contribution in [1.82, 2.24) is 5.32 Å². The molecule has 20 heavy (non-hydrogen) atoms. The minimum absolute atomic E-state index is 0.147. The molecule has 1 aromatic rings. The van der Waals surface area contributed by atoms with E-state index in [9.17, 15) is 4.79 Å². The van der Waals surface area contributed by atoms with Gasteiger partial charge in [-0.15, -0.1) is 0 Å². The second-order valence-electron chi connectivity index (χ2n) is 6.15. The molecule has 108 valence electrons. The maximum absolute atomic E-state index is 12.0. The molecule has 0 heterocycles. The minimum atomic E-state index is 0.147. The molecule has 0 spiro atoms. The highest BCUT2D eigenvalue weighted by atomic mass is 35.5. The first kappa shape index (κ1) is 14.2. The molecule has 1 amide bonds. The molecule has 1 aromatic carbocycles. The molecule has 3 unspecified atom stereocenters. The maximum Gasteiger partial charge on any atom is 0.220 e. The Labute approximate surface area is 129 Å². The van der Waals surface area contributed by atoms with Crippen LogP contribution in [0.2, 0.25) is 10.0 Å². The lowest BCUT2D eigenvalue weighted by atomic mass is 9.86. The summed E-state index contributed by atoms with van der Waals surface area (Å²) in [4.78, 5) is 12.0. The average molecular weight is 312 g/mol. The molecular weight excluding hydrogens is 293 g/mol. The average Bonchev–Trinajstić information content (AvgIpc) is 3.00. The quantitative estimate of drug-likeness (QED) is 0.875. The Morgan fingerprint density at radius 3 is 2.75 bits per heavy atom. The number of carbonyl (C=O) groups excluding carboxylic acids is 1. The zero-order valence-electron chi connectivity index (χ0n) is 11.4. The smallest absolute Gasteiger partial charge is 0.220 e. The van der Waals surface area contributed by atoms with Gasteiger partial charge in [-0.25, -0.2) is 0 Å². The number of carbonyl (C=O) groups is 1. The first-order valence-electron chi connectivity index (χ1n) is 7.32. The summed E-state index contributed by atoms with van der Waals surface area (Å²) < 4.78 is 0. The van der Waals surface area contributed by atoms with Gasteiger partial charge in [-0.05, 0) is 54.7 Å². The number of hydrogen-bond acceptors (Lipinski definition) is 1. The second kappa shape index (κ2) is 5.95. The molecule has 2 fully saturated rings. The molecule has 0 radical (unpaired) electrons. The molecule has 3 atom stereocenters. The van der Waals surface area contributed by atoms with E-state index in [-0.39, 0.29) is 5.91 Å². The summed E-state index contributed by atoms with van der Waals surface area (Å²) in [5, 5.41) is 4.21. The topological polar surface area (TPSA) is 29.1 Å². The zero-order chi connectivity index (χ0) is 14.1. The zero-order valence-corrected chi connectivity index (χ0v) is 12.9. The van der Waals surface area contributed by atoms with Crippen LogP contribution in [-0.2, 0) is 11.3 Å². The molecule has 1 N–H and O–H groups in total. The summed E-state index contributed by atoms with van der Waals surface area (Å²) >= 11 is 12.0. The van der Waals surface area contributed by atoms with Gasteiger partial charge >= 0.3 is 0 Å². The summed E-state index contributed by atoms with van der Waals surface area (Å²) in [5.41, 5.74) is 0.914. The largest absolute Gasteiger partial charge is 0.352 e. The summed E-state index contributed by atoms with van der Waals surface area (Å²) in [7, 11) is 0. The number of halogens is 2. The predicted octanol–water partition coefficient (Wildman–Crippen LogP) is 4.44. The molecule has 2 nitrogen and oxygen atoms in total. The summed E-state index contributed by atoms with van der Waals surface area (Å²) in [6.45, 7) is 0.482. The molecule has 2 aliphatic carbocycles. The molecule has 3 rings (SSSR count). The van der Waals surface area contributed by atoms with Crippen molar-refractivity contribution in [3.63, 3.8) is 0 Å². The third-order valence-corrected chi connectivity index (χ3v) is 5.41. The Hall–Kier alpha value is -0.730. The number of benzene rings is 1. The first-order chi connectivity index (χ1) is 9.61. The van der Waals surface area contributed by atoms with E-state index in [0.29, 0.717) is 28.9 Å². The molecule has 4 heteroatoms. The Bertz CT molecular complexity index is 517. The fraction of sp³-hybridized carbons (Fsp3) is 0.562. The van der Waals surface area contributed by atoms with E-state index in [1.54, 1.807) is 12.1 Å². The van der Waals surface area contributed by atoms with Gasteiger partial charge in [0.2, 0.25) is 5.91 Å². The standard InChI is InChI=1S/C16H19Cl2NO/c17-14-4-3-12(15(18)8-14)9-19-16(20)7-13-6-10-1-2-11(13)5-10/h3-4,8,10-11,13H,1-2,5-7,9H2,(H,19,20). The number of hydrogen-bond donors (Lipinski definition) is 1. The van der Waals surface area contributed by atoms with Crippen LogP contribution in [0.15, 0.2) is 18.2 Å². The number of nitrogens with one attached hydrogen (secondary N) is 1. The van der Waals surface area contributed by atoms with Gasteiger partial charge < -0.3 is 5.32 Å². The van der Waals surface area contributed by atoms with Crippen molar-refractivity contribution in [2.24, 2.45) is 17.8 Å². The normalized spacial score (nSPS) is 27.8. The van der Waals surface area contributed by atoms with E-state index < -0.39 is 0 Å². The van der Waals surface area contributed by atoms with Crippen LogP contribution in [0.4, 0.5) is 0 Å². The van der Waals surface area contributed by atoms with Gasteiger partial charge in [0.1, 0.15) is 0 Å². The molecule has 2 saturated carbocycles. The molecule has 2 aliphatic rings. The third kappa shape index (κ3) is 3.12. The van der Waals surface area contributed by atoms with Crippen LogP contribution >= 0.6 is 23.2 Å². The summed E-state index contributed by atoms with van der Waals surface area (Å²) in [6.07, 6.45) is 5.97. The van der Waals surface area contributed by atoms with E-state index in [4.69, 9.17) is 23.2 Å². The Balaban J connectivity index is 1.49. The number of amides is 1. The molecule has 2 bridgehead atoms. The minimum Gasteiger partial charge on any atom is -0.352 e. The van der Waals surface area contributed by atoms with Crippen molar-refractivity contribution in [3.8, 4) is 0 Å². The van der Waals surface area contributed by atoms with Crippen LogP contribution in [0.1, 0.15) is 37.7 Å². The SMILES string of the molecule is O=C(CC1CC2CCC1C2)NCc1ccc(Cl)cc1Cl. The van der Waals surface area contributed by atoms with Crippen LogP contribution < -0.4 is 5.32 Å². The predicted molar refractivity (Wildman–Crippen MR) is 81.9 cm³/mol. The highest BCUT2D eigenvalue weighted by molar-refractivity contribution is 6.35. The monoisotopic (exact) mass is 311 g/mol. The van der Waals surface area contributed by atoms with Crippen LogP contribution in [0, 0.1) is 17.8 Å². The van der Waals surface area contributed by atoms with Gasteiger partial charge in [-0.1, -0.05) is 35.7 Å². The van der Waals surface area contributed by atoms with Gasteiger partial charge in [0.25, 0.3) is 0 Å². The van der Waals surface area contributed by atoms with Crippen molar-refractivity contribution in [1.29, 1.82) is 0 Å². The van der Waals surface area contributed by atoms with Crippen molar-refractivity contribution in [2.45, 2.75) is 38.6 Å². The van der Waals surface area contributed by atoms with Crippen molar-refractivity contribution < 1.29 is 4.79 Å². The van der Waals surface area contributed by atoms with E-state index in [1.165, 1.54) is 25.7 Å². The van der Waals surface area contributed by atoms with Crippen molar-refractivity contribution in [2.75, 3.05) is 0 Å². The van der Waals surface area contributed by atoms with Gasteiger partial charge in [-0.3, -0.25) is 4.79 Å². The highest BCUT2D eigenvalue weighted by Gasteiger charge is 2.39. The molecule has 0 aromatic heterocycles. The molecule has 0 saturated heterocycles. The van der Waals surface area contributed by atoms with Gasteiger partial charge in [0, 0.05) is 23.0 Å². The van der Waals surface area contributed by atoms with E-state index >= 15 is 0 Å². The number of fused-ring (bicyclic) bond motifs is 2. The fourth-order valence-electron chi connectivity index (χ4n) is 3.80. The Kier molecular flexibility index (Phi) is 4.23. The third-order valence-electron chi connectivity index (χ3n) is 4.82. The summed E-state index contributed by atoms with van der Waals surface area (Å²) in [5.74, 6) is 2.44. The lowest BCUT2D eigenvalue weighted by Gasteiger charge is -2.21. The lowest BCUT2D eigenvalue weighted by molar-refractivity contribution is -0.122. The van der Waals surface area contributed by atoms with Crippen LogP contribution in [0.3, 0.4) is 0 Å². The van der Waals surface area contributed by atoms with E-state index in [2.05, 4.69) is 5.32 Å². The highest BCUT2D eigenvalue weighted by Crippen LogP contribution is 2.49. The Morgan fingerprint density at radius 1 is 1.25 bits per heavy atom. The van der Waals surface area contributed by atoms with Crippen molar-refractivity contribution >= 4 is 29.1 Å². The van der Waals surface area contributed by atoms with Gasteiger partial charge in [0.15, 0.2) is 0 Å². The van der Waals surface area contributed by atoms with Gasteiger partial charge in [-0.2, -0.15) is 0 Å². The maximum atomic E-state index is 12.0. The van der Waals surface area contributed by atoms with Crippen LogP contribution in [0.5, 0.6) is 0 Å². The second-order valence-corrected chi connectivity index (χ2v) is 7.00. The van der Waals surface area contributed by atoms with Crippen LogP contribution in [0.25, 0.3) is 0 Å². The molecular formula is C16H19Cl2NO. The first-order valence-corrected chi connectivity index (χ1v) is 8.08. The summed E-state index contributed by atoms with van der Waals surface area (Å²) in [6, 6.07) is 5.37.